The molecule has 3 aromatic carbocycles. The minimum Gasteiger partial charge on any atom is -0.606 e. The number of fused-ring (bicyclic) bond motifs is 1. The third-order valence-corrected chi connectivity index (χ3v) is 6.88. The molecule has 6 nitrogen and oxygen atoms in total. The molecule has 3 rings (SSSR count). The van der Waals surface area contributed by atoms with Gasteiger partial charge in [0.2, 0.25) is 11.5 Å². The summed E-state index contributed by atoms with van der Waals surface area (Å²) in [5.74, 6) is 0.575. The van der Waals surface area contributed by atoms with Crippen molar-refractivity contribution in [2.24, 2.45) is 0 Å². The second-order valence-corrected chi connectivity index (χ2v) is 9.52. The standard InChI is InChI=1S/C26H29ClO6S/c1-5-6-7-8-15-32-24-22-20(23(33-17(2)28)25(30-3)26(24)31-4)13-10-14-21(22)34(29)19-12-9-11-18(27)16-19/h9-14,16H,5-8,15H2,1-4H3. The molecule has 1 atom stereocenters. The number of unbranched alkanes of at least 4 members (excludes halogenated alkanes) is 3. The van der Waals surface area contributed by atoms with Crippen LogP contribution in [0, 0.1) is 0 Å². The Morgan fingerprint density at radius 1 is 0.971 bits per heavy atom. The van der Waals surface area contributed by atoms with Crippen molar-refractivity contribution in [1.82, 2.24) is 0 Å². The van der Waals surface area contributed by atoms with Crippen molar-refractivity contribution in [3.8, 4) is 23.0 Å². The van der Waals surface area contributed by atoms with Crippen LogP contribution in [0.3, 0.4) is 0 Å². The molecule has 0 amide bonds. The number of hydrogen-bond acceptors (Lipinski definition) is 6. The van der Waals surface area contributed by atoms with Gasteiger partial charge in [0, 0.05) is 34.6 Å². The molecule has 0 fully saturated rings. The Bertz CT molecular complexity index is 1150. The van der Waals surface area contributed by atoms with Gasteiger partial charge in [0.05, 0.1) is 26.2 Å². The summed E-state index contributed by atoms with van der Waals surface area (Å²) >= 11 is 4.56. The first-order valence-corrected chi connectivity index (χ1v) is 12.6. The molecule has 0 aliphatic carbocycles. The number of benzene rings is 3. The molecule has 1 unspecified atom stereocenters. The number of methoxy groups -OCH3 is 2. The van der Waals surface area contributed by atoms with Crippen molar-refractivity contribution in [3.63, 3.8) is 0 Å². The molecule has 34 heavy (non-hydrogen) atoms. The van der Waals surface area contributed by atoms with E-state index < -0.39 is 17.1 Å². The van der Waals surface area contributed by atoms with Crippen LogP contribution >= 0.6 is 11.6 Å². The lowest BCUT2D eigenvalue weighted by Crippen LogP contribution is -2.09. The van der Waals surface area contributed by atoms with Gasteiger partial charge in [0.15, 0.2) is 21.3 Å². The van der Waals surface area contributed by atoms with Crippen molar-refractivity contribution >= 4 is 39.5 Å². The fourth-order valence-corrected chi connectivity index (χ4v) is 5.25. The molecule has 0 spiro atoms. The highest BCUT2D eigenvalue weighted by molar-refractivity contribution is 7.91. The second-order valence-electron chi connectivity index (χ2n) is 7.63. The van der Waals surface area contributed by atoms with Crippen LogP contribution in [-0.2, 0) is 16.0 Å². The van der Waals surface area contributed by atoms with E-state index in [2.05, 4.69) is 6.92 Å². The maximum absolute atomic E-state index is 13.7. The van der Waals surface area contributed by atoms with E-state index in [9.17, 15) is 9.35 Å². The van der Waals surface area contributed by atoms with Crippen LogP contribution in [0.2, 0.25) is 5.02 Å². The summed E-state index contributed by atoms with van der Waals surface area (Å²) in [5.41, 5.74) is 0. The number of ether oxygens (including phenoxy) is 4. The lowest BCUT2D eigenvalue weighted by molar-refractivity contribution is -0.131. The predicted octanol–water partition coefficient (Wildman–Crippen LogP) is 6.56. The molecule has 0 aromatic heterocycles. The fourth-order valence-electron chi connectivity index (χ4n) is 3.72. The lowest BCUT2D eigenvalue weighted by Gasteiger charge is -2.21. The van der Waals surface area contributed by atoms with Crippen molar-refractivity contribution in [3.05, 3.63) is 47.5 Å². The molecule has 0 heterocycles. The molecule has 8 heteroatoms. The van der Waals surface area contributed by atoms with E-state index in [4.69, 9.17) is 30.5 Å². The van der Waals surface area contributed by atoms with Gasteiger partial charge in [0.25, 0.3) is 0 Å². The summed E-state index contributed by atoms with van der Waals surface area (Å²) < 4.78 is 36.7. The van der Waals surface area contributed by atoms with Crippen LogP contribution < -0.4 is 18.9 Å². The third-order valence-electron chi connectivity index (χ3n) is 5.22. The van der Waals surface area contributed by atoms with Gasteiger partial charge in [-0.2, -0.15) is 0 Å². The van der Waals surface area contributed by atoms with E-state index in [1.54, 1.807) is 42.5 Å². The molecule has 0 aliphatic heterocycles. The SMILES string of the molecule is CCCCCCOc1c(OC)c(OC)c(OC(C)=O)c2cccc([S+]([O-])c3cccc(Cl)c3)c12. The summed E-state index contributed by atoms with van der Waals surface area (Å²) in [7, 11) is 2.96. The number of hydrogen-bond donors (Lipinski definition) is 0. The summed E-state index contributed by atoms with van der Waals surface area (Å²) in [6.45, 7) is 3.90. The Morgan fingerprint density at radius 3 is 2.32 bits per heavy atom. The molecule has 0 radical (unpaired) electrons. The Morgan fingerprint density at radius 2 is 1.68 bits per heavy atom. The summed E-state index contributed by atoms with van der Waals surface area (Å²) in [5, 5.41) is 1.55. The Hall–Kier alpha value is -2.61. The molecule has 0 N–H and O–H groups in total. The quantitative estimate of drug-likeness (QED) is 0.127. The molecule has 0 saturated carbocycles. The smallest absolute Gasteiger partial charge is 0.308 e. The zero-order valence-electron chi connectivity index (χ0n) is 19.8. The van der Waals surface area contributed by atoms with Crippen LogP contribution in [0.25, 0.3) is 10.8 Å². The average Bonchev–Trinajstić information content (AvgIpc) is 2.83. The molecular weight excluding hydrogens is 476 g/mol. The van der Waals surface area contributed by atoms with Crippen LogP contribution in [0.1, 0.15) is 39.5 Å². The fraction of sp³-hybridized carbons (Fsp3) is 0.346. The first-order valence-electron chi connectivity index (χ1n) is 11.1. The van der Waals surface area contributed by atoms with E-state index in [-0.39, 0.29) is 17.2 Å². The van der Waals surface area contributed by atoms with E-state index in [1.165, 1.54) is 21.1 Å². The predicted molar refractivity (Wildman–Crippen MR) is 134 cm³/mol. The van der Waals surface area contributed by atoms with Gasteiger partial charge in [-0.1, -0.05) is 49.9 Å². The monoisotopic (exact) mass is 504 g/mol. The molecule has 182 valence electrons. The molecular formula is C26H29ClO6S. The van der Waals surface area contributed by atoms with Gasteiger partial charge in [-0.25, -0.2) is 0 Å². The summed E-state index contributed by atoms with van der Waals surface area (Å²) in [4.78, 5) is 13.0. The zero-order valence-corrected chi connectivity index (χ0v) is 21.4. The highest BCUT2D eigenvalue weighted by atomic mass is 35.5. The first-order chi connectivity index (χ1) is 16.4. The van der Waals surface area contributed by atoms with Gasteiger partial charge in [-0.05, 0) is 30.7 Å². The van der Waals surface area contributed by atoms with Crippen molar-refractivity contribution in [1.29, 1.82) is 0 Å². The van der Waals surface area contributed by atoms with E-state index >= 15 is 0 Å². The van der Waals surface area contributed by atoms with Crippen molar-refractivity contribution in [2.75, 3.05) is 20.8 Å². The van der Waals surface area contributed by atoms with Crippen LogP contribution in [0.5, 0.6) is 23.0 Å². The number of rotatable bonds is 11. The Balaban J connectivity index is 2.27. The Labute approximate surface area is 208 Å². The van der Waals surface area contributed by atoms with Gasteiger partial charge in [-0.15, -0.1) is 0 Å². The number of carbonyl (C=O) groups excluding carboxylic acids is 1. The van der Waals surface area contributed by atoms with Gasteiger partial charge in [-0.3, -0.25) is 4.79 Å². The van der Waals surface area contributed by atoms with Crippen LogP contribution in [-0.4, -0.2) is 31.3 Å². The number of halogens is 1. The van der Waals surface area contributed by atoms with Crippen molar-refractivity contribution in [2.45, 2.75) is 49.3 Å². The van der Waals surface area contributed by atoms with Crippen LogP contribution in [0.4, 0.5) is 0 Å². The molecule has 0 saturated heterocycles. The lowest BCUT2D eigenvalue weighted by atomic mass is 10.1. The maximum Gasteiger partial charge on any atom is 0.308 e. The van der Waals surface area contributed by atoms with Crippen LogP contribution in [0.15, 0.2) is 52.3 Å². The molecule has 3 aromatic rings. The average molecular weight is 505 g/mol. The van der Waals surface area contributed by atoms with E-state index in [1.807, 2.05) is 0 Å². The summed E-state index contributed by atoms with van der Waals surface area (Å²) in [6, 6.07) is 12.2. The topological polar surface area (TPSA) is 77.0 Å². The first kappa shape index (κ1) is 26.0. The highest BCUT2D eigenvalue weighted by Gasteiger charge is 2.30. The number of esters is 1. The van der Waals surface area contributed by atoms with Crippen molar-refractivity contribution < 1.29 is 28.3 Å². The van der Waals surface area contributed by atoms with Gasteiger partial charge < -0.3 is 23.5 Å². The minimum atomic E-state index is -1.59. The normalized spacial score (nSPS) is 11.8. The van der Waals surface area contributed by atoms with E-state index in [0.717, 1.165) is 25.7 Å². The minimum absolute atomic E-state index is 0.185. The maximum atomic E-state index is 13.7. The molecule has 0 aliphatic rings. The summed E-state index contributed by atoms with van der Waals surface area (Å²) in [6.07, 6.45) is 4.10. The number of carbonyl (C=O) groups is 1. The molecule has 0 bridgehead atoms. The van der Waals surface area contributed by atoms with Gasteiger partial charge in [0.1, 0.15) is 0 Å². The third kappa shape index (κ3) is 5.71. The second kappa shape index (κ2) is 12.2. The van der Waals surface area contributed by atoms with Gasteiger partial charge >= 0.3 is 5.97 Å². The van der Waals surface area contributed by atoms with E-state index in [0.29, 0.717) is 37.9 Å². The Kier molecular flexibility index (Phi) is 9.33. The zero-order chi connectivity index (χ0) is 24.7. The highest BCUT2D eigenvalue weighted by Crippen LogP contribution is 2.53. The largest absolute Gasteiger partial charge is 0.606 e.